The van der Waals surface area contributed by atoms with Gasteiger partial charge in [0, 0.05) is 49.1 Å². The van der Waals surface area contributed by atoms with Crippen molar-refractivity contribution in [1.82, 2.24) is 35.4 Å². The number of carbonyl (C=O) groups is 2. The van der Waals surface area contributed by atoms with Crippen molar-refractivity contribution in [3.8, 4) is 5.75 Å². The number of nitrogens with one attached hydrogen (secondary N) is 1. The molecule has 3 aliphatic rings. The van der Waals surface area contributed by atoms with Crippen LogP contribution < -0.4 is 16.3 Å². The molecule has 15 heteroatoms. The summed E-state index contributed by atoms with van der Waals surface area (Å²) in [6.45, 7) is 2.85. The van der Waals surface area contributed by atoms with Crippen molar-refractivity contribution in [2.24, 2.45) is 17.5 Å². The number of aromatic amines is 1. The summed E-state index contributed by atoms with van der Waals surface area (Å²) in [7, 11) is 1.28. The van der Waals surface area contributed by atoms with Crippen molar-refractivity contribution in [3.05, 3.63) is 45.5 Å². The van der Waals surface area contributed by atoms with E-state index in [4.69, 9.17) is 27.9 Å². The lowest BCUT2D eigenvalue weighted by Crippen LogP contribution is -2.52. The maximum Gasteiger partial charge on any atom is 0.281 e. The predicted octanol–water partition coefficient (Wildman–Crippen LogP) is 2.67. The quantitative estimate of drug-likeness (QED) is 0.282. The molecule has 0 bridgehead atoms. The molecule has 0 radical (unpaired) electrons. The second-order valence-electron chi connectivity index (χ2n) is 11.7. The number of nitrogens with zero attached hydrogens (tertiary/aromatic N) is 6. The van der Waals surface area contributed by atoms with Gasteiger partial charge in [-0.05, 0) is 43.4 Å². The number of hydrogen-bond acceptors (Lipinski definition) is 9. The lowest BCUT2D eigenvalue weighted by Gasteiger charge is -2.45. The van der Waals surface area contributed by atoms with E-state index in [9.17, 15) is 18.4 Å². The highest BCUT2D eigenvalue weighted by Gasteiger charge is 2.49. The minimum atomic E-state index is -2.90. The molecule has 2 aromatic rings. The van der Waals surface area contributed by atoms with Crippen LogP contribution in [0.1, 0.15) is 68.4 Å². The molecular formula is C28H38ClF2N9O3. The van der Waals surface area contributed by atoms with Gasteiger partial charge >= 0.3 is 0 Å². The van der Waals surface area contributed by atoms with E-state index in [0.29, 0.717) is 54.5 Å². The summed E-state index contributed by atoms with van der Waals surface area (Å²) >= 11 is 6.69. The molecule has 2 fully saturated rings. The van der Waals surface area contributed by atoms with Crippen molar-refractivity contribution >= 4 is 23.4 Å². The van der Waals surface area contributed by atoms with E-state index in [1.165, 1.54) is 7.05 Å². The molecule has 234 valence electrons. The van der Waals surface area contributed by atoms with Crippen LogP contribution in [0.25, 0.3) is 0 Å². The van der Waals surface area contributed by atoms with Crippen LogP contribution in [0.15, 0.2) is 23.5 Å². The summed E-state index contributed by atoms with van der Waals surface area (Å²) in [5, 5.41) is 16.1. The van der Waals surface area contributed by atoms with Gasteiger partial charge in [0.15, 0.2) is 5.82 Å². The molecule has 43 heavy (non-hydrogen) atoms. The number of aromatic nitrogens is 4. The third-order valence-corrected chi connectivity index (χ3v) is 9.44. The SMILES string of the molecule is CN(N)/C(=C(\N)COc1ccc(Cl)c2c1[C@@H](CN1CCCC1=O)N(C(=O)[C@@H]1CCCC[C@]1(C)c1nn[nH]n1)CC2)C(F)F. The fourth-order valence-corrected chi connectivity index (χ4v) is 7.08. The second kappa shape index (κ2) is 12.6. The number of carbonyl (C=O) groups excluding carboxylic acids is 2. The molecule has 1 aromatic carbocycles. The Bertz CT molecular complexity index is 1360. The van der Waals surface area contributed by atoms with E-state index in [1.54, 1.807) is 17.0 Å². The molecular weight excluding hydrogens is 584 g/mol. The molecule has 1 aliphatic carbocycles. The van der Waals surface area contributed by atoms with E-state index >= 15 is 0 Å². The van der Waals surface area contributed by atoms with E-state index < -0.39 is 29.5 Å². The summed E-state index contributed by atoms with van der Waals surface area (Å²) in [6.07, 6.45) is 1.93. The third kappa shape index (κ3) is 5.99. The number of H-pyrrole nitrogens is 1. The monoisotopic (exact) mass is 621 g/mol. The van der Waals surface area contributed by atoms with Crippen molar-refractivity contribution in [2.75, 3.05) is 33.3 Å². The van der Waals surface area contributed by atoms with E-state index in [0.717, 1.165) is 36.3 Å². The van der Waals surface area contributed by atoms with E-state index in [-0.39, 0.29) is 30.7 Å². The van der Waals surface area contributed by atoms with Crippen LogP contribution in [0.3, 0.4) is 0 Å². The van der Waals surface area contributed by atoms with Crippen LogP contribution in [0, 0.1) is 5.92 Å². The number of hydrazine groups is 1. The standard InChI is InChI=1S/C28H38ClF2N9O3/c1-28(27-34-36-37-35-27)11-4-3-6-17(28)26(42)40-13-10-16-18(29)8-9-21(43-15-19(32)24(25(30)31)38(2)33)23(16)20(40)14-39-12-5-7-22(39)41/h8-9,17,20,25H,3-7,10-15,32-33H2,1-2H3,(H,34,35,36,37)/b24-19-/t17-,20+,28-/m0/s1. The number of nitrogens with two attached hydrogens (primary N) is 2. The number of likely N-dealkylation sites (tertiary alicyclic amines) is 1. The first-order valence-corrected chi connectivity index (χ1v) is 14.9. The molecule has 1 aromatic heterocycles. The van der Waals surface area contributed by atoms with Gasteiger partial charge in [-0.25, -0.2) is 14.6 Å². The third-order valence-electron chi connectivity index (χ3n) is 9.08. The molecule has 3 atom stereocenters. The highest BCUT2D eigenvalue weighted by Crippen LogP contribution is 2.46. The Balaban J connectivity index is 1.54. The normalized spacial score (nSPS) is 24.7. The Labute approximate surface area is 253 Å². The summed E-state index contributed by atoms with van der Waals surface area (Å²) in [6, 6.07) is 2.75. The fraction of sp³-hybridized carbons (Fsp3) is 0.607. The molecule has 0 unspecified atom stereocenters. The Morgan fingerprint density at radius 3 is 2.72 bits per heavy atom. The molecule has 3 heterocycles. The predicted molar refractivity (Wildman–Crippen MR) is 154 cm³/mol. The average molecular weight is 622 g/mol. The topological polar surface area (TPSA) is 160 Å². The highest BCUT2D eigenvalue weighted by molar-refractivity contribution is 6.31. The van der Waals surface area contributed by atoms with Crippen molar-refractivity contribution in [3.63, 3.8) is 0 Å². The van der Waals surface area contributed by atoms with E-state index in [2.05, 4.69) is 20.6 Å². The van der Waals surface area contributed by atoms with Gasteiger partial charge in [0.25, 0.3) is 6.43 Å². The van der Waals surface area contributed by atoms with Gasteiger partial charge < -0.3 is 25.3 Å². The summed E-state index contributed by atoms with van der Waals surface area (Å²) < 4.78 is 33.3. The van der Waals surface area contributed by atoms with Gasteiger partial charge in [-0.2, -0.15) is 5.21 Å². The fourth-order valence-electron chi connectivity index (χ4n) is 6.82. The number of tetrazole rings is 1. The number of halogens is 3. The van der Waals surface area contributed by atoms with Crippen LogP contribution in [0.2, 0.25) is 5.02 Å². The Morgan fingerprint density at radius 2 is 2.07 bits per heavy atom. The molecule has 1 saturated carbocycles. The average Bonchev–Trinajstić information content (AvgIpc) is 3.65. The van der Waals surface area contributed by atoms with Gasteiger partial charge in [0.2, 0.25) is 11.8 Å². The molecule has 2 amide bonds. The maximum atomic E-state index is 14.6. The van der Waals surface area contributed by atoms with Crippen LogP contribution >= 0.6 is 11.6 Å². The van der Waals surface area contributed by atoms with Crippen LogP contribution in [0.4, 0.5) is 8.78 Å². The lowest BCUT2D eigenvalue weighted by molar-refractivity contribution is -0.144. The van der Waals surface area contributed by atoms with E-state index in [1.807, 2.05) is 11.8 Å². The highest BCUT2D eigenvalue weighted by atomic mass is 35.5. The van der Waals surface area contributed by atoms with Crippen LogP contribution in [0.5, 0.6) is 5.75 Å². The van der Waals surface area contributed by atoms with Crippen molar-refractivity contribution in [2.45, 2.75) is 69.8 Å². The van der Waals surface area contributed by atoms with Gasteiger partial charge in [0.1, 0.15) is 18.1 Å². The summed E-state index contributed by atoms with van der Waals surface area (Å²) in [5.74, 6) is 5.99. The number of alkyl halides is 2. The number of fused-ring (bicyclic) bond motifs is 1. The Morgan fingerprint density at radius 1 is 1.28 bits per heavy atom. The van der Waals surface area contributed by atoms with Crippen LogP contribution in [-0.2, 0) is 21.4 Å². The van der Waals surface area contributed by atoms with Crippen LogP contribution in [-0.4, -0.2) is 87.0 Å². The number of amides is 2. The minimum absolute atomic E-state index is 0.0121. The Kier molecular flexibility index (Phi) is 9.07. The van der Waals surface area contributed by atoms with Crippen molar-refractivity contribution in [1.29, 1.82) is 0 Å². The molecule has 5 rings (SSSR count). The summed E-state index contributed by atoms with van der Waals surface area (Å²) in [4.78, 5) is 31.0. The smallest absolute Gasteiger partial charge is 0.281 e. The molecule has 1 saturated heterocycles. The molecule has 2 aliphatic heterocycles. The summed E-state index contributed by atoms with van der Waals surface area (Å²) in [5.41, 5.74) is 6.04. The molecule has 12 nitrogen and oxygen atoms in total. The molecule has 5 N–H and O–H groups in total. The number of benzene rings is 1. The first kappa shape index (κ1) is 30.9. The molecule has 0 spiro atoms. The first-order chi connectivity index (χ1) is 20.5. The van der Waals surface area contributed by atoms with Gasteiger partial charge in [-0.3, -0.25) is 9.59 Å². The zero-order chi connectivity index (χ0) is 30.9. The number of allylic oxidation sites excluding steroid dienone is 1. The first-order valence-electron chi connectivity index (χ1n) is 14.5. The zero-order valence-corrected chi connectivity index (χ0v) is 25.1. The largest absolute Gasteiger partial charge is 0.487 e. The number of hydrogen-bond donors (Lipinski definition) is 3. The number of rotatable bonds is 9. The lowest BCUT2D eigenvalue weighted by atomic mass is 9.66. The van der Waals surface area contributed by atoms with Gasteiger partial charge in [0.05, 0.1) is 17.7 Å². The second-order valence-corrected chi connectivity index (χ2v) is 12.1. The minimum Gasteiger partial charge on any atom is -0.487 e. The maximum absolute atomic E-state index is 14.6. The van der Waals surface area contributed by atoms with Gasteiger partial charge in [-0.1, -0.05) is 36.6 Å². The number of ether oxygens (including phenoxy) is 1. The van der Waals surface area contributed by atoms with Gasteiger partial charge in [-0.15, -0.1) is 10.2 Å². The van der Waals surface area contributed by atoms with Crippen molar-refractivity contribution < 1.29 is 23.1 Å². The Hall–Kier alpha value is -3.52. The zero-order valence-electron chi connectivity index (χ0n) is 24.4.